The molecule has 0 aliphatic carbocycles. The first-order chi connectivity index (χ1) is 9.55. The summed E-state index contributed by atoms with van der Waals surface area (Å²) >= 11 is 0. The SMILES string of the molecule is CS(=O)(=O)c1ccc(OCCNc2ccccc2)cc1. The fraction of sp³-hybridized carbons (Fsp3) is 0.200. The molecule has 1 N–H and O–H groups in total. The normalized spacial score (nSPS) is 11.1. The molecule has 0 spiro atoms. The van der Waals surface area contributed by atoms with Gasteiger partial charge in [-0.15, -0.1) is 0 Å². The number of ether oxygens (including phenoxy) is 1. The Morgan fingerprint density at radius 3 is 2.25 bits per heavy atom. The zero-order valence-electron chi connectivity index (χ0n) is 11.2. The number of hydrogen-bond donors (Lipinski definition) is 1. The lowest BCUT2D eigenvalue weighted by Gasteiger charge is -2.08. The van der Waals surface area contributed by atoms with Crippen molar-refractivity contribution in [2.24, 2.45) is 0 Å². The van der Waals surface area contributed by atoms with Crippen molar-refractivity contribution >= 4 is 15.5 Å². The van der Waals surface area contributed by atoms with Crippen molar-refractivity contribution in [3.63, 3.8) is 0 Å². The van der Waals surface area contributed by atoms with Crippen LogP contribution >= 0.6 is 0 Å². The minimum Gasteiger partial charge on any atom is -0.492 e. The maximum atomic E-state index is 11.3. The monoisotopic (exact) mass is 291 g/mol. The molecule has 0 radical (unpaired) electrons. The van der Waals surface area contributed by atoms with E-state index in [-0.39, 0.29) is 0 Å². The molecule has 0 amide bonds. The Morgan fingerprint density at radius 1 is 1.00 bits per heavy atom. The van der Waals surface area contributed by atoms with Crippen LogP contribution in [0.3, 0.4) is 0 Å². The van der Waals surface area contributed by atoms with Gasteiger partial charge in [-0.25, -0.2) is 8.42 Å². The van der Waals surface area contributed by atoms with E-state index in [1.807, 2.05) is 30.3 Å². The van der Waals surface area contributed by atoms with Crippen LogP contribution in [-0.4, -0.2) is 27.8 Å². The van der Waals surface area contributed by atoms with E-state index in [1.54, 1.807) is 24.3 Å². The Morgan fingerprint density at radius 2 is 1.65 bits per heavy atom. The third kappa shape index (κ3) is 4.28. The maximum Gasteiger partial charge on any atom is 0.175 e. The van der Waals surface area contributed by atoms with Gasteiger partial charge in [-0.3, -0.25) is 0 Å². The molecule has 5 heteroatoms. The van der Waals surface area contributed by atoms with Crippen LogP contribution in [-0.2, 0) is 9.84 Å². The minimum absolute atomic E-state index is 0.298. The Hall–Kier alpha value is -2.01. The second-order valence-electron chi connectivity index (χ2n) is 4.38. The van der Waals surface area contributed by atoms with Gasteiger partial charge in [0.25, 0.3) is 0 Å². The molecular formula is C15H17NO3S. The van der Waals surface area contributed by atoms with Crippen LogP contribution in [0.15, 0.2) is 59.5 Å². The highest BCUT2D eigenvalue weighted by Crippen LogP contribution is 2.15. The van der Waals surface area contributed by atoms with Crippen molar-refractivity contribution in [1.29, 1.82) is 0 Å². The van der Waals surface area contributed by atoms with Gasteiger partial charge in [0.1, 0.15) is 12.4 Å². The Kier molecular flexibility index (Phi) is 4.63. The number of rotatable bonds is 6. The van der Waals surface area contributed by atoms with Gasteiger partial charge in [-0.1, -0.05) is 18.2 Å². The molecular weight excluding hydrogens is 274 g/mol. The lowest BCUT2D eigenvalue weighted by molar-refractivity contribution is 0.332. The zero-order chi connectivity index (χ0) is 14.4. The molecule has 4 nitrogen and oxygen atoms in total. The summed E-state index contributed by atoms with van der Waals surface area (Å²) in [6, 6.07) is 16.3. The summed E-state index contributed by atoms with van der Waals surface area (Å²) in [6.45, 7) is 1.19. The Balaban J connectivity index is 1.80. The van der Waals surface area contributed by atoms with Crippen LogP contribution in [0.25, 0.3) is 0 Å². The van der Waals surface area contributed by atoms with E-state index in [9.17, 15) is 8.42 Å². The summed E-state index contributed by atoms with van der Waals surface area (Å²) in [5, 5.41) is 3.23. The van der Waals surface area contributed by atoms with Crippen molar-refractivity contribution in [2.45, 2.75) is 4.90 Å². The number of hydrogen-bond acceptors (Lipinski definition) is 4. The summed E-state index contributed by atoms with van der Waals surface area (Å²) in [5.41, 5.74) is 1.04. The molecule has 0 bridgehead atoms. The van der Waals surface area contributed by atoms with Crippen LogP contribution < -0.4 is 10.1 Å². The third-order valence-electron chi connectivity index (χ3n) is 2.73. The largest absolute Gasteiger partial charge is 0.492 e. The summed E-state index contributed by atoms with van der Waals surface area (Å²) < 4.78 is 28.2. The first-order valence-corrected chi connectivity index (χ1v) is 8.17. The van der Waals surface area contributed by atoms with Gasteiger partial charge in [-0.2, -0.15) is 0 Å². The topological polar surface area (TPSA) is 55.4 Å². The van der Waals surface area contributed by atoms with E-state index in [0.717, 1.165) is 5.69 Å². The standard InChI is InChI=1S/C15H17NO3S/c1-20(17,18)15-9-7-14(8-10-15)19-12-11-16-13-5-3-2-4-6-13/h2-10,16H,11-12H2,1H3. The molecule has 2 rings (SSSR count). The molecule has 0 atom stereocenters. The van der Waals surface area contributed by atoms with E-state index in [1.165, 1.54) is 6.26 Å². The molecule has 2 aromatic carbocycles. The summed E-state index contributed by atoms with van der Waals surface area (Å²) in [5.74, 6) is 0.660. The van der Waals surface area contributed by atoms with Gasteiger partial charge in [0.15, 0.2) is 9.84 Å². The van der Waals surface area contributed by atoms with Gasteiger partial charge < -0.3 is 10.1 Å². The number of sulfone groups is 1. The Bertz CT molecular complexity index is 637. The molecule has 0 saturated carbocycles. The number of nitrogens with one attached hydrogen (secondary N) is 1. The quantitative estimate of drug-likeness (QED) is 0.831. The average Bonchev–Trinajstić information content (AvgIpc) is 2.44. The van der Waals surface area contributed by atoms with E-state index >= 15 is 0 Å². The van der Waals surface area contributed by atoms with Crippen molar-refractivity contribution in [3.05, 3.63) is 54.6 Å². The number of para-hydroxylation sites is 1. The van der Waals surface area contributed by atoms with E-state index < -0.39 is 9.84 Å². The number of benzene rings is 2. The number of anilines is 1. The van der Waals surface area contributed by atoms with Gasteiger partial charge in [0.2, 0.25) is 0 Å². The molecule has 106 valence electrons. The van der Waals surface area contributed by atoms with Gasteiger partial charge in [0, 0.05) is 18.5 Å². The highest BCUT2D eigenvalue weighted by atomic mass is 32.2. The fourth-order valence-corrected chi connectivity index (χ4v) is 2.33. The molecule has 0 saturated heterocycles. The zero-order valence-corrected chi connectivity index (χ0v) is 12.1. The molecule has 20 heavy (non-hydrogen) atoms. The van der Waals surface area contributed by atoms with Crippen LogP contribution in [0.2, 0.25) is 0 Å². The van der Waals surface area contributed by atoms with Crippen molar-refractivity contribution < 1.29 is 13.2 Å². The van der Waals surface area contributed by atoms with Crippen molar-refractivity contribution in [1.82, 2.24) is 0 Å². The average molecular weight is 291 g/mol. The first kappa shape index (κ1) is 14.4. The van der Waals surface area contributed by atoms with Crippen molar-refractivity contribution in [3.8, 4) is 5.75 Å². The fourth-order valence-electron chi connectivity index (χ4n) is 1.70. The van der Waals surface area contributed by atoms with Crippen LogP contribution in [0.5, 0.6) is 5.75 Å². The molecule has 0 aliphatic heterocycles. The lowest BCUT2D eigenvalue weighted by atomic mass is 10.3. The summed E-state index contributed by atoms with van der Waals surface area (Å²) in [4.78, 5) is 0.298. The second-order valence-corrected chi connectivity index (χ2v) is 6.40. The van der Waals surface area contributed by atoms with Gasteiger partial charge in [0.05, 0.1) is 4.90 Å². The third-order valence-corrected chi connectivity index (χ3v) is 3.85. The van der Waals surface area contributed by atoms with Crippen LogP contribution in [0.4, 0.5) is 5.69 Å². The van der Waals surface area contributed by atoms with Crippen LogP contribution in [0.1, 0.15) is 0 Å². The molecule has 2 aromatic rings. The van der Waals surface area contributed by atoms with Gasteiger partial charge in [-0.05, 0) is 36.4 Å². The molecule has 0 fully saturated rings. The van der Waals surface area contributed by atoms with Crippen LogP contribution in [0, 0.1) is 0 Å². The minimum atomic E-state index is -3.15. The first-order valence-electron chi connectivity index (χ1n) is 6.27. The molecule has 0 aliphatic rings. The van der Waals surface area contributed by atoms with E-state index in [4.69, 9.17) is 4.74 Å². The highest BCUT2D eigenvalue weighted by Gasteiger charge is 2.06. The Labute approximate surface area is 119 Å². The predicted octanol–water partition coefficient (Wildman–Crippen LogP) is 2.58. The van der Waals surface area contributed by atoms with Gasteiger partial charge >= 0.3 is 0 Å². The van der Waals surface area contributed by atoms with E-state index in [0.29, 0.717) is 23.8 Å². The highest BCUT2D eigenvalue weighted by molar-refractivity contribution is 7.90. The lowest BCUT2D eigenvalue weighted by Crippen LogP contribution is -2.11. The van der Waals surface area contributed by atoms with E-state index in [2.05, 4.69) is 5.32 Å². The summed E-state index contributed by atoms with van der Waals surface area (Å²) in [7, 11) is -3.15. The smallest absolute Gasteiger partial charge is 0.175 e. The summed E-state index contributed by atoms with van der Waals surface area (Å²) in [6.07, 6.45) is 1.19. The molecule has 0 unspecified atom stereocenters. The second kappa shape index (κ2) is 6.43. The maximum absolute atomic E-state index is 11.3. The predicted molar refractivity (Wildman–Crippen MR) is 80.0 cm³/mol. The van der Waals surface area contributed by atoms with Crippen molar-refractivity contribution in [2.75, 3.05) is 24.7 Å². The molecule has 0 heterocycles. The molecule has 0 aromatic heterocycles.